The van der Waals surface area contributed by atoms with E-state index in [4.69, 9.17) is 5.11 Å². The molecule has 0 aliphatic carbocycles. The lowest BCUT2D eigenvalue weighted by Crippen LogP contribution is -2.02. The van der Waals surface area contributed by atoms with Gasteiger partial charge in [-0.2, -0.15) is 5.10 Å². The molecule has 5 nitrogen and oxygen atoms in total. The number of nitrogens with zero attached hydrogens (tertiary/aromatic N) is 1. The maximum atomic E-state index is 10.2. The molecule has 0 radical (unpaired) electrons. The van der Waals surface area contributed by atoms with Crippen LogP contribution in [-0.2, 0) is 0 Å². The molecule has 0 bridgehead atoms. The second kappa shape index (κ2) is 2.78. The number of nitrogens with one attached hydrogen (secondary N) is 1. The zero-order valence-corrected chi connectivity index (χ0v) is 6.52. The van der Waals surface area contributed by atoms with Crippen LogP contribution in [0, 0.1) is 0 Å². The first-order chi connectivity index (χ1) is 6.25. The number of carbonyl (C=O) groups is 1. The minimum Gasteiger partial charge on any atom is -0.449 e. The van der Waals surface area contributed by atoms with E-state index in [-0.39, 0.29) is 0 Å². The molecule has 0 aliphatic rings. The highest BCUT2D eigenvalue weighted by Gasteiger charge is 2.02. The predicted molar refractivity (Wildman–Crippen MR) is 44.7 cm³/mol. The van der Waals surface area contributed by atoms with Crippen LogP contribution in [0.4, 0.5) is 4.79 Å². The largest absolute Gasteiger partial charge is 0.511 e. The first-order valence-electron chi connectivity index (χ1n) is 3.59. The van der Waals surface area contributed by atoms with Crippen molar-refractivity contribution in [2.45, 2.75) is 0 Å². The van der Waals surface area contributed by atoms with Gasteiger partial charge in [0.15, 0.2) is 0 Å². The van der Waals surface area contributed by atoms with Gasteiger partial charge >= 0.3 is 6.16 Å². The van der Waals surface area contributed by atoms with E-state index in [1.54, 1.807) is 24.4 Å². The monoisotopic (exact) mass is 178 g/mol. The smallest absolute Gasteiger partial charge is 0.449 e. The Morgan fingerprint density at radius 3 is 3.15 bits per heavy atom. The number of benzene rings is 1. The van der Waals surface area contributed by atoms with Crippen molar-refractivity contribution in [3.8, 4) is 5.75 Å². The third kappa shape index (κ3) is 1.44. The van der Waals surface area contributed by atoms with Crippen LogP contribution in [0.25, 0.3) is 10.9 Å². The van der Waals surface area contributed by atoms with Gasteiger partial charge in [0, 0.05) is 5.39 Å². The van der Waals surface area contributed by atoms with E-state index in [2.05, 4.69) is 14.9 Å². The first-order valence-corrected chi connectivity index (χ1v) is 3.59. The van der Waals surface area contributed by atoms with Gasteiger partial charge in [-0.25, -0.2) is 4.79 Å². The Morgan fingerprint density at radius 2 is 2.38 bits per heavy atom. The summed E-state index contributed by atoms with van der Waals surface area (Å²) in [5.74, 6) is 0.293. The SMILES string of the molecule is O=C(O)Oc1ccc2[nH]ncc2c1. The summed E-state index contributed by atoms with van der Waals surface area (Å²) in [5, 5.41) is 15.7. The summed E-state index contributed by atoms with van der Waals surface area (Å²) in [7, 11) is 0. The first kappa shape index (κ1) is 7.60. The molecule has 13 heavy (non-hydrogen) atoms. The molecule has 0 fully saturated rings. The molecule has 1 aromatic heterocycles. The molecule has 0 unspecified atom stereocenters. The van der Waals surface area contributed by atoms with Gasteiger partial charge in [-0.3, -0.25) is 5.10 Å². The van der Waals surface area contributed by atoms with Gasteiger partial charge in [0.2, 0.25) is 0 Å². The van der Waals surface area contributed by atoms with Crippen molar-refractivity contribution in [3.05, 3.63) is 24.4 Å². The number of carboxylic acid groups (broad SMARTS) is 1. The Kier molecular flexibility index (Phi) is 1.63. The molecule has 0 atom stereocenters. The zero-order chi connectivity index (χ0) is 9.26. The molecule has 0 saturated heterocycles. The predicted octanol–water partition coefficient (Wildman–Crippen LogP) is 1.62. The van der Waals surface area contributed by atoms with Gasteiger partial charge in [-0.1, -0.05) is 0 Å². The third-order valence-electron chi connectivity index (χ3n) is 1.62. The highest BCUT2D eigenvalue weighted by molar-refractivity contribution is 5.80. The van der Waals surface area contributed by atoms with E-state index in [9.17, 15) is 4.79 Å². The summed E-state index contributed by atoms with van der Waals surface area (Å²) in [5.41, 5.74) is 0.845. The van der Waals surface area contributed by atoms with Gasteiger partial charge in [0.05, 0.1) is 11.7 Å². The van der Waals surface area contributed by atoms with Crippen molar-refractivity contribution in [1.29, 1.82) is 0 Å². The molecule has 2 aromatic rings. The molecule has 1 aromatic carbocycles. The van der Waals surface area contributed by atoms with E-state index < -0.39 is 6.16 Å². The molecule has 0 spiro atoms. The molecule has 2 N–H and O–H groups in total. The van der Waals surface area contributed by atoms with Gasteiger partial charge in [0.1, 0.15) is 5.75 Å². The van der Waals surface area contributed by atoms with Crippen LogP contribution in [0.5, 0.6) is 5.75 Å². The summed E-state index contributed by atoms with van der Waals surface area (Å²) >= 11 is 0. The number of hydrogen-bond donors (Lipinski definition) is 2. The average molecular weight is 178 g/mol. The lowest BCUT2D eigenvalue weighted by atomic mass is 10.2. The molecule has 0 aliphatic heterocycles. The fourth-order valence-corrected chi connectivity index (χ4v) is 1.09. The summed E-state index contributed by atoms with van der Waals surface area (Å²) in [6.07, 6.45) is 0.284. The van der Waals surface area contributed by atoms with E-state index in [1.165, 1.54) is 0 Å². The molecular formula is C8H6N2O3. The number of aromatic nitrogens is 2. The molecule has 1 heterocycles. The molecule has 5 heteroatoms. The van der Waals surface area contributed by atoms with E-state index in [1.807, 2.05) is 0 Å². The van der Waals surface area contributed by atoms with Crippen molar-refractivity contribution in [3.63, 3.8) is 0 Å². The van der Waals surface area contributed by atoms with Crippen LogP contribution in [0.2, 0.25) is 0 Å². The van der Waals surface area contributed by atoms with Gasteiger partial charge < -0.3 is 9.84 Å². The fourth-order valence-electron chi connectivity index (χ4n) is 1.09. The van der Waals surface area contributed by atoms with E-state index in [0.29, 0.717) is 5.75 Å². The maximum absolute atomic E-state index is 10.2. The van der Waals surface area contributed by atoms with Crippen LogP contribution in [0.3, 0.4) is 0 Å². The van der Waals surface area contributed by atoms with Crippen LogP contribution in [0.15, 0.2) is 24.4 Å². The Balaban J connectivity index is 2.42. The van der Waals surface area contributed by atoms with Crippen LogP contribution in [-0.4, -0.2) is 21.5 Å². The second-order valence-electron chi connectivity index (χ2n) is 2.49. The van der Waals surface area contributed by atoms with Crippen molar-refractivity contribution in [2.75, 3.05) is 0 Å². The quantitative estimate of drug-likeness (QED) is 0.514. The van der Waals surface area contributed by atoms with E-state index >= 15 is 0 Å². The van der Waals surface area contributed by atoms with Gasteiger partial charge in [-0.15, -0.1) is 0 Å². The molecule has 0 saturated carbocycles. The number of aromatic amines is 1. The standard InChI is InChI=1S/C8H6N2O3/c11-8(12)13-6-1-2-7-5(3-6)4-9-10-7/h1-4H,(H,9,10)(H,11,12). The average Bonchev–Trinajstić information content (AvgIpc) is 2.49. The zero-order valence-electron chi connectivity index (χ0n) is 6.52. The maximum Gasteiger partial charge on any atom is 0.511 e. The molecule has 2 rings (SSSR count). The van der Waals surface area contributed by atoms with E-state index in [0.717, 1.165) is 10.9 Å². The van der Waals surface area contributed by atoms with Crippen molar-refractivity contribution in [2.24, 2.45) is 0 Å². The second-order valence-corrected chi connectivity index (χ2v) is 2.49. The van der Waals surface area contributed by atoms with Crippen molar-refractivity contribution in [1.82, 2.24) is 10.2 Å². The minimum absolute atomic E-state index is 0.293. The number of rotatable bonds is 1. The number of hydrogen-bond acceptors (Lipinski definition) is 3. The molecule has 66 valence electrons. The normalized spacial score (nSPS) is 10.2. The fraction of sp³-hybridized carbons (Fsp3) is 0. The highest BCUT2D eigenvalue weighted by atomic mass is 16.7. The number of fused-ring (bicyclic) bond motifs is 1. The molecule has 0 amide bonds. The Bertz CT molecular complexity index is 449. The van der Waals surface area contributed by atoms with Crippen LogP contribution >= 0.6 is 0 Å². The summed E-state index contributed by atoms with van der Waals surface area (Å²) in [4.78, 5) is 10.2. The topological polar surface area (TPSA) is 75.2 Å². The van der Waals surface area contributed by atoms with Crippen molar-refractivity contribution >= 4 is 17.1 Å². The lowest BCUT2D eigenvalue weighted by Gasteiger charge is -1.97. The summed E-state index contributed by atoms with van der Waals surface area (Å²) in [6.45, 7) is 0. The van der Waals surface area contributed by atoms with Crippen LogP contribution < -0.4 is 4.74 Å². The van der Waals surface area contributed by atoms with Crippen molar-refractivity contribution < 1.29 is 14.6 Å². The minimum atomic E-state index is -1.32. The Morgan fingerprint density at radius 1 is 1.54 bits per heavy atom. The third-order valence-corrected chi connectivity index (χ3v) is 1.62. The summed E-state index contributed by atoms with van der Waals surface area (Å²) < 4.78 is 4.47. The number of ether oxygens (including phenoxy) is 1. The van der Waals surface area contributed by atoms with Gasteiger partial charge in [-0.05, 0) is 18.2 Å². The lowest BCUT2D eigenvalue weighted by molar-refractivity contribution is 0.144. The Labute approximate surface area is 72.9 Å². The Hall–Kier alpha value is -2.04. The highest BCUT2D eigenvalue weighted by Crippen LogP contribution is 2.18. The van der Waals surface area contributed by atoms with Crippen LogP contribution in [0.1, 0.15) is 0 Å². The van der Waals surface area contributed by atoms with Gasteiger partial charge in [0.25, 0.3) is 0 Å². The summed E-state index contributed by atoms with van der Waals surface area (Å²) in [6, 6.07) is 4.88. The molecular weight excluding hydrogens is 172 g/mol. The number of H-pyrrole nitrogens is 1.